The van der Waals surface area contributed by atoms with Crippen LogP contribution in [0.3, 0.4) is 0 Å². The third-order valence-corrected chi connectivity index (χ3v) is 5.59. The van der Waals surface area contributed by atoms with E-state index in [4.69, 9.17) is 17.3 Å². The van der Waals surface area contributed by atoms with Crippen molar-refractivity contribution in [1.82, 2.24) is 9.80 Å². The highest BCUT2D eigenvalue weighted by Crippen LogP contribution is 2.30. The fraction of sp³-hybridized carbons (Fsp3) is 0.435. The topological polar surface area (TPSA) is 49.6 Å². The number of halogens is 1. The normalized spacial score (nSPS) is 17.5. The van der Waals surface area contributed by atoms with Crippen molar-refractivity contribution < 1.29 is 4.79 Å². The average molecular weight is 400 g/mol. The van der Waals surface area contributed by atoms with Gasteiger partial charge in [-0.05, 0) is 35.6 Å². The van der Waals surface area contributed by atoms with E-state index in [0.717, 1.165) is 24.5 Å². The molecule has 1 aliphatic rings. The van der Waals surface area contributed by atoms with Crippen molar-refractivity contribution in [2.45, 2.75) is 32.4 Å². The van der Waals surface area contributed by atoms with Crippen molar-refractivity contribution in [3.05, 3.63) is 70.7 Å². The quantitative estimate of drug-likeness (QED) is 0.800. The lowest BCUT2D eigenvalue weighted by Gasteiger charge is -2.40. The fourth-order valence-corrected chi connectivity index (χ4v) is 4.06. The van der Waals surface area contributed by atoms with Crippen LogP contribution in [0, 0.1) is 5.92 Å². The first-order chi connectivity index (χ1) is 13.5. The summed E-state index contributed by atoms with van der Waals surface area (Å²) in [4.78, 5) is 17.0. The number of carbonyl (C=O) groups is 1. The van der Waals surface area contributed by atoms with E-state index in [9.17, 15) is 4.79 Å². The van der Waals surface area contributed by atoms with Gasteiger partial charge in [-0.2, -0.15) is 0 Å². The van der Waals surface area contributed by atoms with Gasteiger partial charge in [0.15, 0.2) is 0 Å². The molecule has 5 heteroatoms. The van der Waals surface area contributed by atoms with E-state index in [2.05, 4.69) is 55.1 Å². The minimum absolute atomic E-state index is 0.0797. The van der Waals surface area contributed by atoms with Crippen LogP contribution in [0.15, 0.2) is 54.6 Å². The van der Waals surface area contributed by atoms with Gasteiger partial charge in [-0.3, -0.25) is 9.69 Å². The monoisotopic (exact) mass is 399 g/mol. The molecule has 0 aliphatic carbocycles. The van der Waals surface area contributed by atoms with Crippen molar-refractivity contribution in [3.63, 3.8) is 0 Å². The van der Waals surface area contributed by atoms with Crippen LogP contribution in [0.25, 0.3) is 0 Å². The molecule has 0 saturated carbocycles. The van der Waals surface area contributed by atoms with Crippen LogP contribution in [0.2, 0.25) is 5.02 Å². The third kappa shape index (κ3) is 5.13. The maximum Gasteiger partial charge on any atom is 0.239 e. The fourth-order valence-electron chi connectivity index (χ4n) is 3.94. The number of amides is 1. The number of carbonyl (C=O) groups excluding carboxylic acids is 1. The van der Waals surface area contributed by atoms with E-state index >= 15 is 0 Å². The van der Waals surface area contributed by atoms with Crippen molar-refractivity contribution >= 4 is 17.5 Å². The second-order valence-corrected chi connectivity index (χ2v) is 8.40. The Hall–Kier alpha value is -1.88. The molecule has 2 aromatic carbocycles. The van der Waals surface area contributed by atoms with Gasteiger partial charge in [0, 0.05) is 31.2 Å². The zero-order valence-electron chi connectivity index (χ0n) is 16.7. The maximum atomic E-state index is 12.7. The predicted molar refractivity (Wildman–Crippen MR) is 115 cm³/mol. The standard InChI is InChI=1S/C23H30ClN3O/c1-17(2)16-21(25)23(28)27-14-12-26(13-15-27)22(18-6-4-3-5-7-18)19-8-10-20(24)11-9-19/h3-11,17,21-22H,12-16,25H2,1-2H3/t21-,22?/m1/s1. The smallest absolute Gasteiger partial charge is 0.239 e. The van der Waals surface area contributed by atoms with E-state index in [-0.39, 0.29) is 11.9 Å². The Morgan fingerprint density at radius 1 is 0.964 bits per heavy atom. The molecular weight excluding hydrogens is 370 g/mol. The van der Waals surface area contributed by atoms with E-state index in [1.54, 1.807) is 0 Å². The highest BCUT2D eigenvalue weighted by atomic mass is 35.5. The van der Waals surface area contributed by atoms with Crippen LogP contribution in [0.5, 0.6) is 0 Å². The molecule has 1 saturated heterocycles. The molecule has 1 heterocycles. The van der Waals surface area contributed by atoms with Crippen molar-refractivity contribution in [3.8, 4) is 0 Å². The van der Waals surface area contributed by atoms with Gasteiger partial charge in [0.1, 0.15) is 0 Å². The summed E-state index contributed by atoms with van der Waals surface area (Å²) in [6, 6.07) is 18.3. The lowest BCUT2D eigenvalue weighted by molar-refractivity contribution is -0.135. The van der Waals surface area contributed by atoms with E-state index in [0.29, 0.717) is 19.0 Å². The van der Waals surface area contributed by atoms with E-state index < -0.39 is 6.04 Å². The van der Waals surface area contributed by atoms with Crippen LogP contribution in [0.4, 0.5) is 0 Å². The summed E-state index contributed by atoms with van der Waals surface area (Å²) in [6.07, 6.45) is 0.733. The van der Waals surface area contributed by atoms with Gasteiger partial charge in [-0.25, -0.2) is 0 Å². The first-order valence-corrected chi connectivity index (χ1v) is 10.4. The van der Waals surface area contributed by atoms with Gasteiger partial charge >= 0.3 is 0 Å². The minimum Gasteiger partial charge on any atom is -0.339 e. The number of nitrogens with two attached hydrogens (primary N) is 1. The predicted octanol–water partition coefficient (Wildman–Crippen LogP) is 3.95. The number of nitrogens with zero attached hydrogens (tertiary/aromatic N) is 2. The van der Waals surface area contributed by atoms with Crippen LogP contribution >= 0.6 is 11.6 Å². The molecular formula is C23H30ClN3O. The summed E-state index contributed by atoms with van der Waals surface area (Å²) in [5.74, 6) is 0.503. The van der Waals surface area contributed by atoms with Gasteiger partial charge in [-0.1, -0.05) is 67.9 Å². The molecule has 3 rings (SSSR count). The van der Waals surface area contributed by atoms with Crippen LogP contribution in [-0.2, 0) is 4.79 Å². The molecule has 1 amide bonds. The lowest BCUT2D eigenvalue weighted by atomic mass is 9.96. The second kappa shape index (κ2) is 9.55. The first kappa shape index (κ1) is 20.8. The Balaban J connectivity index is 1.73. The molecule has 1 fully saturated rings. The summed E-state index contributed by atoms with van der Waals surface area (Å²) in [6.45, 7) is 7.26. The Labute approximate surface area is 173 Å². The second-order valence-electron chi connectivity index (χ2n) is 7.96. The van der Waals surface area contributed by atoms with Gasteiger partial charge in [0.05, 0.1) is 12.1 Å². The highest BCUT2D eigenvalue weighted by Gasteiger charge is 2.30. The number of piperazine rings is 1. The molecule has 1 unspecified atom stereocenters. The molecule has 150 valence electrons. The molecule has 28 heavy (non-hydrogen) atoms. The number of hydrogen-bond acceptors (Lipinski definition) is 3. The molecule has 2 aromatic rings. The van der Waals surface area contributed by atoms with Crippen molar-refractivity contribution in [2.24, 2.45) is 11.7 Å². The maximum absolute atomic E-state index is 12.7. The summed E-state index contributed by atoms with van der Waals surface area (Å²) in [5.41, 5.74) is 8.59. The van der Waals surface area contributed by atoms with Crippen molar-refractivity contribution in [1.29, 1.82) is 0 Å². The Bertz CT molecular complexity index is 755. The van der Waals surface area contributed by atoms with Crippen LogP contribution in [-0.4, -0.2) is 47.9 Å². The molecule has 0 spiro atoms. The Morgan fingerprint density at radius 2 is 1.54 bits per heavy atom. The van der Waals surface area contributed by atoms with Gasteiger partial charge in [0.2, 0.25) is 5.91 Å². The summed E-state index contributed by atoms with van der Waals surface area (Å²) >= 11 is 6.10. The zero-order valence-corrected chi connectivity index (χ0v) is 17.5. The molecule has 2 N–H and O–H groups in total. The number of hydrogen-bond donors (Lipinski definition) is 1. The van der Waals surface area contributed by atoms with Crippen LogP contribution < -0.4 is 5.73 Å². The Kier molecular flexibility index (Phi) is 7.11. The van der Waals surface area contributed by atoms with Gasteiger partial charge in [0.25, 0.3) is 0 Å². The van der Waals surface area contributed by atoms with Gasteiger partial charge in [-0.15, -0.1) is 0 Å². The average Bonchev–Trinajstić information content (AvgIpc) is 2.70. The number of benzene rings is 2. The number of rotatable bonds is 6. The molecule has 0 aromatic heterocycles. The lowest BCUT2D eigenvalue weighted by Crippen LogP contribution is -2.54. The first-order valence-electron chi connectivity index (χ1n) is 10.0. The van der Waals surface area contributed by atoms with Crippen molar-refractivity contribution in [2.75, 3.05) is 26.2 Å². The van der Waals surface area contributed by atoms with E-state index in [1.807, 2.05) is 23.1 Å². The molecule has 1 aliphatic heterocycles. The molecule has 2 atom stereocenters. The molecule has 0 radical (unpaired) electrons. The SMILES string of the molecule is CC(C)C[C@@H](N)C(=O)N1CCN(C(c2ccccc2)c2ccc(Cl)cc2)CC1. The van der Waals surface area contributed by atoms with E-state index in [1.165, 1.54) is 11.1 Å². The van der Waals surface area contributed by atoms with Crippen LogP contribution in [0.1, 0.15) is 37.4 Å². The zero-order chi connectivity index (χ0) is 20.1. The molecule has 0 bridgehead atoms. The highest BCUT2D eigenvalue weighted by molar-refractivity contribution is 6.30. The summed E-state index contributed by atoms with van der Waals surface area (Å²) in [5, 5.41) is 0.741. The third-order valence-electron chi connectivity index (χ3n) is 5.33. The molecule has 4 nitrogen and oxygen atoms in total. The minimum atomic E-state index is -0.396. The summed E-state index contributed by atoms with van der Waals surface area (Å²) < 4.78 is 0. The largest absolute Gasteiger partial charge is 0.339 e. The van der Waals surface area contributed by atoms with Gasteiger partial charge < -0.3 is 10.6 Å². The summed E-state index contributed by atoms with van der Waals surface area (Å²) in [7, 11) is 0. The Morgan fingerprint density at radius 3 is 2.11 bits per heavy atom.